The van der Waals surface area contributed by atoms with Gasteiger partial charge in [-0.15, -0.1) is 0 Å². The van der Waals surface area contributed by atoms with E-state index in [1.54, 1.807) is 23.2 Å². The molecule has 2 aromatic rings. The Morgan fingerprint density at radius 2 is 2.12 bits per heavy atom. The molecule has 0 radical (unpaired) electrons. The second-order valence-electron chi connectivity index (χ2n) is 7.26. The summed E-state index contributed by atoms with van der Waals surface area (Å²) in [5.74, 6) is 0.502. The third-order valence-corrected chi connectivity index (χ3v) is 5.39. The number of amides is 1. The van der Waals surface area contributed by atoms with Crippen molar-refractivity contribution in [3.63, 3.8) is 0 Å². The Kier molecular flexibility index (Phi) is 4.74. The van der Waals surface area contributed by atoms with Crippen LogP contribution in [-0.4, -0.2) is 69.0 Å². The van der Waals surface area contributed by atoms with Gasteiger partial charge in [0.2, 0.25) is 0 Å². The summed E-state index contributed by atoms with van der Waals surface area (Å²) in [5.41, 5.74) is 0.299. The molecule has 1 aliphatic carbocycles. The maximum absolute atomic E-state index is 12.9. The molecule has 0 bridgehead atoms. The zero-order valence-electron chi connectivity index (χ0n) is 14.8. The van der Waals surface area contributed by atoms with Crippen LogP contribution in [0.5, 0.6) is 0 Å². The van der Waals surface area contributed by atoms with Gasteiger partial charge in [-0.25, -0.2) is 4.98 Å². The Bertz CT molecular complexity index is 861. The number of hydrogen-bond acceptors (Lipinski definition) is 5. The van der Waals surface area contributed by atoms with Crippen LogP contribution in [0, 0.1) is 5.92 Å². The molecule has 1 saturated heterocycles. The summed E-state index contributed by atoms with van der Waals surface area (Å²) in [6.07, 6.45) is 6.22. The fourth-order valence-corrected chi connectivity index (χ4v) is 3.72. The molecule has 7 heteroatoms. The lowest BCUT2D eigenvalue weighted by Crippen LogP contribution is -2.56. The van der Waals surface area contributed by atoms with Gasteiger partial charge in [-0.05, 0) is 37.3 Å². The van der Waals surface area contributed by atoms with Crippen molar-refractivity contribution >= 4 is 11.6 Å². The van der Waals surface area contributed by atoms with Gasteiger partial charge in [-0.3, -0.25) is 18.9 Å². The summed E-state index contributed by atoms with van der Waals surface area (Å²) in [6.45, 7) is 3.09. The Hall–Kier alpha value is -2.25. The SMILES string of the molecule is O=C(c1cnc2ccccn2c1=O)N1CCN(CC2CC2)C(CCO)C1. The van der Waals surface area contributed by atoms with Gasteiger partial charge in [-0.1, -0.05) is 6.07 Å². The molecule has 26 heavy (non-hydrogen) atoms. The van der Waals surface area contributed by atoms with E-state index in [1.165, 1.54) is 23.4 Å². The van der Waals surface area contributed by atoms with Gasteiger partial charge in [0.15, 0.2) is 0 Å². The minimum absolute atomic E-state index is 0.104. The number of pyridine rings is 1. The number of carbonyl (C=O) groups excluding carboxylic acids is 1. The third-order valence-electron chi connectivity index (χ3n) is 5.39. The minimum Gasteiger partial charge on any atom is -0.396 e. The lowest BCUT2D eigenvalue weighted by Gasteiger charge is -2.41. The molecule has 2 aromatic heterocycles. The van der Waals surface area contributed by atoms with Crippen molar-refractivity contribution in [2.75, 3.05) is 32.8 Å². The van der Waals surface area contributed by atoms with E-state index in [-0.39, 0.29) is 29.7 Å². The molecule has 2 aliphatic rings. The smallest absolute Gasteiger partial charge is 0.270 e. The Balaban J connectivity index is 1.54. The van der Waals surface area contributed by atoms with Gasteiger partial charge < -0.3 is 10.0 Å². The maximum atomic E-state index is 12.9. The summed E-state index contributed by atoms with van der Waals surface area (Å²) in [5, 5.41) is 9.40. The van der Waals surface area contributed by atoms with E-state index in [9.17, 15) is 14.7 Å². The molecule has 1 aliphatic heterocycles. The summed E-state index contributed by atoms with van der Waals surface area (Å²) >= 11 is 0. The van der Waals surface area contributed by atoms with Crippen molar-refractivity contribution in [2.45, 2.75) is 25.3 Å². The molecule has 1 N–H and O–H groups in total. The third kappa shape index (κ3) is 3.37. The molecule has 1 unspecified atom stereocenters. The van der Waals surface area contributed by atoms with Crippen LogP contribution in [-0.2, 0) is 0 Å². The first kappa shape index (κ1) is 17.2. The number of hydrogen-bond donors (Lipinski definition) is 1. The van der Waals surface area contributed by atoms with Crippen LogP contribution in [0.4, 0.5) is 0 Å². The number of piperazine rings is 1. The van der Waals surface area contributed by atoms with Gasteiger partial charge in [0.05, 0.1) is 0 Å². The van der Waals surface area contributed by atoms with Gasteiger partial charge in [0.1, 0.15) is 11.2 Å². The van der Waals surface area contributed by atoms with E-state index in [0.29, 0.717) is 25.2 Å². The fourth-order valence-electron chi connectivity index (χ4n) is 3.72. The predicted octanol–water partition coefficient (Wildman–Crippen LogP) is 0.613. The van der Waals surface area contributed by atoms with E-state index in [2.05, 4.69) is 9.88 Å². The fraction of sp³-hybridized carbons (Fsp3) is 0.526. The average molecular weight is 356 g/mol. The minimum atomic E-state index is -0.334. The van der Waals surface area contributed by atoms with Crippen molar-refractivity contribution in [3.05, 3.63) is 46.5 Å². The quantitative estimate of drug-likeness (QED) is 0.849. The monoisotopic (exact) mass is 356 g/mol. The topological polar surface area (TPSA) is 78.2 Å². The van der Waals surface area contributed by atoms with Crippen LogP contribution in [0.25, 0.3) is 5.65 Å². The Morgan fingerprint density at radius 3 is 2.88 bits per heavy atom. The van der Waals surface area contributed by atoms with Crippen LogP contribution in [0.1, 0.15) is 29.6 Å². The van der Waals surface area contributed by atoms with E-state index >= 15 is 0 Å². The van der Waals surface area contributed by atoms with Crippen molar-refractivity contribution in [2.24, 2.45) is 5.92 Å². The highest BCUT2D eigenvalue weighted by Gasteiger charge is 2.34. The highest BCUT2D eigenvalue weighted by Crippen LogP contribution is 2.31. The first-order chi connectivity index (χ1) is 12.7. The van der Waals surface area contributed by atoms with E-state index < -0.39 is 0 Å². The number of rotatable bonds is 5. The zero-order valence-corrected chi connectivity index (χ0v) is 14.8. The lowest BCUT2D eigenvalue weighted by atomic mass is 10.1. The van der Waals surface area contributed by atoms with Crippen molar-refractivity contribution < 1.29 is 9.90 Å². The predicted molar refractivity (Wildman–Crippen MR) is 97.2 cm³/mol. The maximum Gasteiger partial charge on any atom is 0.270 e. The first-order valence-corrected chi connectivity index (χ1v) is 9.28. The summed E-state index contributed by atoms with van der Waals surface area (Å²) in [6, 6.07) is 5.44. The molecule has 0 spiro atoms. The number of aliphatic hydroxyl groups excluding tert-OH is 1. The van der Waals surface area contributed by atoms with Gasteiger partial charge in [0, 0.05) is 51.2 Å². The zero-order chi connectivity index (χ0) is 18.1. The highest BCUT2D eigenvalue weighted by molar-refractivity contribution is 5.93. The first-order valence-electron chi connectivity index (χ1n) is 9.28. The standard InChI is InChI=1S/C19H24N4O3/c24-10-6-15-13-22(9-8-21(15)12-14-4-5-14)18(25)16-11-20-17-3-1-2-7-23(17)19(16)26/h1-3,7,11,14-15,24H,4-6,8-10,12-13H2. The molecule has 4 rings (SSSR count). The molecule has 138 valence electrons. The van der Waals surface area contributed by atoms with Gasteiger partial charge >= 0.3 is 0 Å². The molecule has 2 fully saturated rings. The number of nitrogens with zero attached hydrogens (tertiary/aromatic N) is 4. The van der Waals surface area contributed by atoms with Crippen LogP contribution in [0.3, 0.4) is 0 Å². The van der Waals surface area contributed by atoms with Crippen LogP contribution < -0.4 is 5.56 Å². The molecular weight excluding hydrogens is 332 g/mol. The normalized spacial score (nSPS) is 21.3. The molecule has 3 heterocycles. The second kappa shape index (κ2) is 7.17. The largest absolute Gasteiger partial charge is 0.396 e. The number of aromatic nitrogens is 2. The Labute approximate surface area is 151 Å². The summed E-state index contributed by atoms with van der Waals surface area (Å²) in [7, 11) is 0. The second-order valence-corrected chi connectivity index (χ2v) is 7.26. The van der Waals surface area contributed by atoms with E-state index in [4.69, 9.17) is 0 Å². The molecule has 1 saturated carbocycles. The van der Waals surface area contributed by atoms with Gasteiger partial charge in [0.25, 0.3) is 11.5 Å². The molecule has 1 amide bonds. The van der Waals surface area contributed by atoms with Crippen LogP contribution in [0.2, 0.25) is 0 Å². The van der Waals surface area contributed by atoms with E-state index in [1.807, 2.05) is 6.07 Å². The molecule has 0 aromatic carbocycles. The summed E-state index contributed by atoms with van der Waals surface area (Å²) in [4.78, 5) is 34.0. The van der Waals surface area contributed by atoms with E-state index in [0.717, 1.165) is 19.0 Å². The lowest BCUT2D eigenvalue weighted by molar-refractivity contribution is 0.0405. The van der Waals surface area contributed by atoms with Crippen molar-refractivity contribution in [3.8, 4) is 0 Å². The van der Waals surface area contributed by atoms with Crippen LogP contribution in [0.15, 0.2) is 35.4 Å². The molecule has 7 nitrogen and oxygen atoms in total. The van der Waals surface area contributed by atoms with Crippen LogP contribution >= 0.6 is 0 Å². The van der Waals surface area contributed by atoms with Gasteiger partial charge in [-0.2, -0.15) is 0 Å². The average Bonchev–Trinajstić information content (AvgIpc) is 3.47. The number of fused-ring (bicyclic) bond motifs is 1. The van der Waals surface area contributed by atoms with Crippen molar-refractivity contribution in [1.82, 2.24) is 19.2 Å². The van der Waals surface area contributed by atoms with Crippen molar-refractivity contribution in [1.29, 1.82) is 0 Å². The molecular formula is C19H24N4O3. The molecule has 1 atom stereocenters. The highest BCUT2D eigenvalue weighted by atomic mass is 16.3. The summed E-state index contributed by atoms with van der Waals surface area (Å²) < 4.78 is 1.40. The number of aliphatic hydroxyl groups is 1. The number of carbonyl (C=O) groups is 1. The Morgan fingerprint density at radius 1 is 1.27 bits per heavy atom.